The first-order chi connectivity index (χ1) is 10.0. The lowest BCUT2D eigenvalue weighted by Crippen LogP contribution is -2.25. The van der Waals surface area contributed by atoms with Gasteiger partial charge in [-0.15, -0.1) is 0 Å². The molecule has 0 aromatic heterocycles. The van der Waals surface area contributed by atoms with Gasteiger partial charge in [0.25, 0.3) is 0 Å². The quantitative estimate of drug-likeness (QED) is 0.252. The predicted octanol–water partition coefficient (Wildman–Crippen LogP) is 5.45. The minimum atomic E-state index is -2.08. The molecule has 0 saturated heterocycles. The Morgan fingerprint density at radius 2 is 2.05 bits per heavy atom. The summed E-state index contributed by atoms with van der Waals surface area (Å²) < 4.78 is 12.2. The number of hydrogen-bond donors (Lipinski definition) is 0. The normalized spacial score (nSPS) is 14.5. The van der Waals surface area contributed by atoms with Crippen molar-refractivity contribution in [1.29, 1.82) is 0 Å². The maximum atomic E-state index is 5.77. The van der Waals surface area contributed by atoms with Crippen LogP contribution in [-0.2, 0) is 16.3 Å². The van der Waals surface area contributed by atoms with E-state index in [-0.39, 0.29) is 6.04 Å². The Kier molecular flexibility index (Phi) is 8.98. The zero-order valence-corrected chi connectivity index (χ0v) is 16.3. The van der Waals surface area contributed by atoms with Crippen LogP contribution in [0.3, 0.4) is 0 Å². The van der Waals surface area contributed by atoms with Crippen LogP contribution in [0.4, 0.5) is 0 Å². The molecule has 0 aliphatic rings. The van der Waals surface area contributed by atoms with Gasteiger partial charge in [0.15, 0.2) is 0 Å². The first kappa shape index (κ1) is 19.0. The molecular formula is C14H23N2OPS3. The van der Waals surface area contributed by atoms with Gasteiger partial charge in [-0.05, 0) is 44.2 Å². The van der Waals surface area contributed by atoms with E-state index in [0.29, 0.717) is 0 Å². The van der Waals surface area contributed by atoms with Gasteiger partial charge in [-0.25, -0.2) is 4.40 Å². The second-order valence-electron chi connectivity index (χ2n) is 4.58. The van der Waals surface area contributed by atoms with Crippen LogP contribution in [-0.4, -0.2) is 29.9 Å². The van der Waals surface area contributed by atoms with Gasteiger partial charge in [-0.1, -0.05) is 36.5 Å². The molecule has 7 heteroatoms. The van der Waals surface area contributed by atoms with Crippen LogP contribution in [0.1, 0.15) is 27.2 Å². The van der Waals surface area contributed by atoms with E-state index in [0.717, 1.165) is 17.1 Å². The minimum Gasteiger partial charge on any atom is -0.330 e. The number of benzene rings is 1. The molecule has 0 aliphatic heterocycles. The summed E-state index contributed by atoms with van der Waals surface area (Å²) in [6.45, 7) is 6.39. The highest BCUT2D eigenvalue weighted by Gasteiger charge is 2.26. The van der Waals surface area contributed by atoms with Crippen LogP contribution in [0.15, 0.2) is 39.6 Å². The van der Waals surface area contributed by atoms with E-state index in [2.05, 4.69) is 29.8 Å². The Hall–Kier alpha value is 0. The smallest absolute Gasteiger partial charge is 0.213 e. The fraction of sp³-hybridized carbons (Fsp3) is 0.500. The molecule has 118 valence electrons. The zero-order chi connectivity index (χ0) is 15.7. The third-order valence-corrected chi connectivity index (χ3v) is 10.3. The highest BCUT2D eigenvalue weighted by atomic mass is 32.9. The van der Waals surface area contributed by atoms with Gasteiger partial charge in [0.1, 0.15) is 6.34 Å². The predicted molar refractivity (Wildman–Crippen MR) is 102 cm³/mol. The van der Waals surface area contributed by atoms with E-state index < -0.39 is 5.62 Å². The summed E-state index contributed by atoms with van der Waals surface area (Å²) in [5.74, 6) is 1.01. The molecule has 1 aromatic carbocycles. The Labute approximate surface area is 142 Å². The van der Waals surface area contributed by atoms with Crippen molar-refractivity contribution in [2.24, 2.45) is 4.40 Å². The van der Waals surface area contributed by atoms with Crippen LogP contribution in [0, 0.1) is 0 Å². The van der Waals surface area contributed by atoms with Gasteiger partial charge in [-0.3, -0.25) is 0 Å². The van der Waals surface area contributed by atoms with Crippen LogP contribution < -0.4 is 0 Å². The summed E-state index contributed by atoms with van der Waals surface area (Å²) in [6, 6.07) is 10.4. The van der Waals surface area contributed by atoms with Gasteiger partial charge in [0, 0.05) is 35.7 Å². The molecule has 0 amide bonds. The molecular weight excluding hydrogens is 339 g/mol. The van der Waals surface area contributed by atoms with E-state index >= 15 is 0 Å². The first-order valence-corrected chi connectivity index (χ1v) is 11.9. The Bertz CT molecular complexity index is 482. The van der Waals surface area contributed by atoms with Crippen LogP contribution in [0.25, 0.3) is 0 Å². The molecule has 0 bridgehead atoms. The van der Waals surface area contributed by atoms with Crippen molar-refractivity contribution < 1.29 is 4.52 Å². The molecule has 0 radical (unpaired) electrons. The lowest BCUT2D eigenvalue weighted by molar-refractivity contribution is 0.415. The van der Waals surface area contributed by atoms with Gasteiger partial charge >= 0.3 is 0 Å². The molecule has 0 N–H and O–H groups in total. The summed E-state index contributed by atoms with van der Waals surface area (Å²) in [4.78, 5) is 1.12. The van der Waals surface area contributed by atoms with Gasteiger partial charge in [0.05, 0.1) is 0 Å². The molecule has 1 unspecified atom stereocenters. The average molecular weight is 363 g/mol. The molecule has 0 heterocycles. The van der Waals surface area contributed by atoms with E-state index in [1.807, 2.05) is 36.7 Å². The van der Waals surface area contributed by atoms with Gasteiger partial charge < -0.3 is 9.19 Å². The van der Waals surface area contributed by atoms with Crippen LogP contribution in [0.5, 0.6) is 0 Å². The Morgan fingerprint density at radius 3 is 2.57 bits per heavy atom. The molecule has 0 spiro atoms. The van der Waals surface area contributed by atoms with Gasteiger partial charge in [0.2, 0.25) is 5.62 Å². The van der Waals surface area contributed by atoms with Crippen molar-refractivity contribution >= 4 is 47.1 Å². The van der Waals surface area contributed by atoms with Crippen LogP contribution >= 0.6 is 28.9 Å². The molecule has 1 rings (SSSR count). The molecule has 21 heavy (non-hydrogen) atoms. The molecule has 0 saturated carbocycles. The van der Waals surface area contributed by atoms with E-state index in [1.165, 1.54) is 11.9 Å². The first-order valence-electron chi connectivity index (χ1n) is 6.88. The molecule has 0 aliphatic carbocycles. The standard InChI is InChI=1S/C14H23N2OPS3/c1-5-11-20-18(19,17-4)16(13(2)3)12-15-21-14-9-7-6-8-10-14/h6-10,12-13H,5,11H2,1-4H3. The van der Waals surface area contributed by atoms with Crippen LogP contribution in [0.2, 0.25) is 0 Å². The lowest BCUT2D eigenvalue weighted by atomic mass is 10.4. The lowest BCUT2D eigenvalue weighted by Gasteiger charge is -2.34. The second kappa shape index (κ2) is 9.90. The monoisotopic (exact) mass is 362 g/mol. The van der Waals surface area contributed by atoms with Crippen molar-refractivity contribution in [3.63, 3.8) is 0 Å². The minimum absolute atomic E-state index is 0.264. The summed E-state index contributed by atoms with van der Waals surface area (Å²) >= 11 is 8.96. The highest BCUT2D eigenvalue weighted by molar-refractivity contribution is 8.68. The average Bonchev–Trinajstić information content (AvgIpc) is 2.50. The van der Waals surface area contributed by atoms with Crippen molar-refractivity contribution in [3.05, 3.63) is 30.3 Å². The highest BCUT2D eigenvalue weighted by Crippen LogP contribution is 2.62. The van der Waals surface area contributed by atoms with Crippen molar-refractivity contribution in [1.82, 2.24) is 4.67 Å². The SMILES string of the molecule is CCCSP(=S)(OC)N(C=NSc1ccccc1)C(C)C. The number of rotatable bonds is 9. The molecule has 3 nitrogen and oxygen atoms in total. The fourth-order valence-corrected chi connectivity index (χ4v) is 7.73. The third kappa shape index (κ3) is 6.33. The van der Waals surface area contributed by atoms with E-state index in [9.17, 15) is 0 Å². The summed E-state index contributed by atoms with van der Waals surface area (Å²) in [5.41, 5.74) is -2.08. The number of nitrogens with zero attached hydrogens (tertiary/aromatic N) is 2. The summed E-state index contributed by atoms with van der Waals surface area (Å²) in [7, 11) is 1.71. The Balaban J connectivity index is 2.78. The summed E-state index contributed by atoms with van der Waals surface area (Å²) in [6.07, 6.45) is 2.93. The topological polar surface area (TPSA) is 24.8 Å². The Morgan fingerprint density at radius 1 is 1.38 bits per heavy atom. The molecule has 0 fully saturated rings. The second-order valence-corrected chi connectivity index (χ2v) is 12.3. The van der Waals surface area contributed by atoms with E-state index in [1.54, 1.807) is 18.5 Å². The van der Waals surface area contributed by atoms with Crippen molar-refractivity contribution in [2.75, 3.05) is 12.9 Å². The third-order valence-electron chi connectivity index (χ3n) is 2.57. The van der Waals surface area contributed by atoms with Gasteiger partial charge in [-0.2, -0.15) is 0 Å². The summed E-state index contributed by atoms with van der Waals surface area (Å²) in [5, 5.41) is 0. The molecule has 1 atom stereocenters. The zero-order valence-electron chi connectivity index (χ0n) is 12.9. The molecule has 1 aromatic rings. The fourth-order valence-electron chi connectivity index (χ4n) is 1.51. The maximum absolute atomic E-state index is 5.77. The van der Waals surface area contributed by atoms with Crippen molar-refractivity contribution in [3.8, 4) is 0 Å². The maximum Gasteiger partial charge on any atom is 0.213 e. The van der Waals surface area contributed by atoms with E-state index in [4.69, 9.17) is 16.3 Å². The number of hydrogen-bond acceptors (Lipinski definition) is 5. The van der Waals surface area contributed by atoms with Crippen molar-refractivity contribution in [2.45, 2.75) is 38.1 Å². The largest absolute Gasteiger partial charge is 0.330 e.